The summed E-state index contributed by atoms with van der Waals surface area (Å²) in [6.45, 7) is 0.353. The standard InChI is InChI=1S/C9H9F4NO2/c1-5-7(15-2)3-8(6(4-10)14-5)16-9(11,12)13/h3H,4H2,1-2H3. The third-order valence-electron chi connectivity index (χ3n) is 1.78. The van der Waals surface area contributed by atoms with Crippen LogP contribution in [-0.4, -0.2) is 18.5 Å². The summed E-state index contributed by atoms with van der Waals surface area (Å²) in [7, 11) is 1.27. The zero-order valence-electron chi connectivity index (χ0n) is 8.56. The fraction of sp³-hybridized carbons (Fsp3) is 0.444. The minimum absolute atomic E-state index is 0.108. The second-order valence-corrected chi connectivity index (χ2v) is 2.90. The molecule has 0 spiro atoms. The second-order valence-electron chi connectivity index (χ2n) is 2.90. The van der Waals surface area contributed by atoms with E-state index in [0.29, 0.717) is 5.69 Å². The number of nitrogens with zero attached hydrogens (tertiary/aromatic N) is 1. The number of hydrogen-bond donors (Lipinski definition) is 0. The normalized spacial score (nSPS) is 11.4. The first-order valence-electron chi connectivity index (χ1n) is 4.23. The van der Waals surface area contributed by atoms with Crippen molar-refractivity contribution in [2.24, 2.45) is 0 Å². The van der Waals surface area contributed by atoms with Crippen molar-refractivity contribution in [2.45, 2.75) is 20.0 Å². The highest BCUT2D eigenvalue weighted by Gasteiger charge is 2.32. The lowest BCUT2D eigenvalue weighted by molar-refractivity contribution is -0.275. The Kier molecular flexibility index (Phi) is 3.56. The predicted octanol–water partition coefficient (Wildman–Crippen LogP) is 2.77. The van der Waals surface area contributed by atoms with E-state index in [4.69, 9.17) is 4.74 Å². The molecule has 0 radical (unpaired) electrons. The van der Waals surface area contributed by atoms with Crippen molar-refractivity contribution in [2.75, 3.05) is 7.11 Å². The van der Waals surface area contributed by atoms with E-state index >= 15 is 0 Å². The summed E-state index contributed by atoms with van der Waals surface area (Å²) in [6, 6.07) is 0.963. The number of aryl methyl sites for hydroxylation is 1. The van der Waals surface area contributed by atoms with Crippen LogP contribution >= 0.6 is 0 Å². The van der Waals surface area contributed by atoms with Gasteiger partial charge in [-0.3, -0.25) is 0 Å². The lowest BCUT2D eigenvalue weighted by Crippen LogP contribution is -2.18. The molecule has 0 saturated carbocycles. The van der Waals surface area contributed by atoms with Crippen LogP contribution in [-0.2, 0) is 6.67 Å². The Balaban J connectivity index is 3.15. The molecule has 90 valence electrons. The zero-order chi connectivity index (χ0) is 12.3. The Morgan fingerprint density at radius 2 is 1.94 bits per heavy atom. The van der Waals surface area contributed by atoms with Gasteiger partial charge in [-0.15, -0.1) is 13.2 Å². The van der Waals surface area contributed by atoms with E-state index in [0.717, 1.165) is 6.07 Å². The van der Waals surface area contributed by atoms with Crippen LogP contribution in [0.15, 0.2) is 6.07 Å². The highest BCUT2D eigenvalue weighted by Crippen LogP contribution is 2.30. The van der Waals surface area contributed by atoms with Crippen LogP contribution in [0.4, 0.5) is 17.6 Å². The van der Waals surface area contributed by atoms with Gasteiger partial charge in [0.2, 0.25) is 0 Å². The smallest absolute Gasteiger partial charge is 0.495 e. The fourth-order valence-corrected chi connectivity index (χ4v) is 1.13. The van der Waals surface area contributed by atoms with E-state index in [1.54, 1.807) is 0 Å². The van der Waals surface area contributed by atoms with Crippen LogP contribution in [0.5, 0.6) is 11.5 Å². The molecule has 16 heavy (non-hydrogen) atoms. The number of methoxy groups -OCH3 is 1. The Bertz CT molecular complexity index is 379. The summed E-state index contributed by atoms with van der Waals surface area (Å²) in [4.78, 5) is 3.62. The summed E-state index contributed by atoms with van der Waals surface area (Å²) in [5, 5.41) is 0. The topological polar surface area (TPSA) is 31.4 Å². The van der Waals surface area contributed by atoms with E-state index < -0.39 is 24.5 Å². The summed E-state index contributed by atoms with van der Waals surface area (Å²) in [5.74, 6) is -0.575. The van der Waals surface area contributed by atoms with E-state index in [1.807, 2.05) is 0 Å². The molecule has 0 aliphatic heterocycles. The van der Waals surface area contributed by atoms with E-state index in [-0.39, 0.29) is 5.75 Å². The van der Waals surface area contributed by atoms with Crippen molar-refractivity contribution in [3.8, 4) is 11.5 Å². The zero-order valence-corrected chi connectivity index (χ0v) is 8.56. The first-order chi connectivity index (χ1) is 7.37. The van der Waals surface area contributed by atoms with Gasteiger partial charge in [0, 0.05) is 6.07 Å². The minimum Gasteiger partial charge on any atom is -0.495 e. The second kappa shape index (κ2) is 4.54. The molecule has 0 bridgehead atoms. The Morgan fingerprint density at radius 3 is 2.38 bits per heavy atom. The first-order valence-corrected chi connectivity index (χ1v) is 4.23. The maximum absolute atomic E-state index is 12.4. The molecule has 0 fully saturated rings. The van der Waals surface area contributed by atoms with Gasteiger partial charge in [-0.25, -0.2) is 9.37 Å². The summed E-state index contributed by atoms with van der Waals surface area (Å²) >= 11 is 0. The molecular formula is C9H9F4NO2. The molecule has 1 aromatic heterocycles. The van der Waals surface area contributed by atoms with Crippen molar-refractivity contribution < 1.29 is 27.0 Å². The van der Waals surface area contributed by atoms with Gasteiger partial charge in [-0.05, 0) is 6.92 Å². The van der Waals surface area contributed by atoms with Crippen molar-refractivity contribution in [3.05, 3.63) is 17.5 Å². The number of pyridine rings is 1. The highest BCUT2D eigenvalue weighted by atomic mass is 19.4. The monoisotopic (exact) mass is 239 g/mol. The third-order valence-corrected chi connectivity index (χ3v) is 1.78. The van der Waals surface area contributed by atoms with Crippen molar-refractivity contribution in [3.63, 3.8) is 0 Å². The number of halogens is 4. The Morgan fingerprint density at radius 1 is 1.31 bits per heavy atom. The molecular weight excluding hydrogens is 230 g/mol. The average molecular weight is 239 g/mol. The van der Waals surface area contributed by atoms with Crippen LogP contribution in [0.2, 0.25) is 0 Å². The maximum atomic E-state index is 12.4. The number of hydrogen-bond acceptors (Lipinski definition) is 3. The van der Waals surface area contributed by atoms with Gasteiger partial charge in [0.1, 0.15) is 18.1 Å². The lowest BCUT2D eigenvalue weighted by Gasteiger charge is -2.13. The summed E-state index contributed by atoms with van der Waals surface area (Å²) in [6.07, 6.45) is -4.88. The Labute approximate surface area is 89.0 Å². The van der Waals surface area contributed by atoms with Gasteiger partial charge in [0.25, 0.3) is 0 Å². The molecule has 0 aliphatic rings. The van der Waals surface area contributed by atoms with Crippen molar-refractivity contribution in [1.82, 2.24) is 4.98 Å². The molecule has 3 nitrogen and oxygen atoms in total. The molecule has 0 aliphatic carbocycles. The van der Waals surface area contributed by atoms with Crippen LogP contribution in [0.3, 0.4) is 0 Å². The first kappa shape index (κ1) is 12.5. The number of rotatable bonds is 3. The minimum atomic E-state index is -4.88. The van der Waals surface area contributed by atoms with Crippen LogP contribution in [0.1, 0.15) is 11.4 Å². The third kappa shape index (κ3) is 2.98. The average Bonchev–Trinajstić information content (AvgIpc) is 2.18. The SMILES string of the molecule is COc1cc(OC(F)(F)F)c(CF)nc1C. The lowest BCUT2D eigenvalue weighted by atomic mass is 10.2. The van der Waals surface area contributed by atoms with Crippen molar-refractivity contribution in [1.29, 1.82) is 0 Å². The quantitative estimate of drug-likeness (QED) is 0.760. The number of alkyl halides is 4. The highest BCUT2D eigenvalue weighted by molar-refractivity contribution is 5.39. The molecule has 0 unspecified atom stereocenters. The van der Waals surface area contributed by atoms with Crippen molar-refractivity contribution >= 4 is 0 Å². The van der Waals surface area contributed by atoms with E-state index in [2.05, 4.69) is 9.72 Å². The van der Waals surface area contributed by atoms with Gasteiger partial charge in [0.05, 0.1) is 12.8 Å². The van der Waals surface area contributed by atoms with E-state index in [9.17, 15) is 17.6 Å². The summed E-state index contributed by atoms with van der Waals surface area (Å²) < 4.78 is 56.8. The maximum Gasteiger partial charge on any atom is 0.573 e. The van der Waals surface area contributed by atoms with Crippen LogP contribution < -0.4 is 9.47 Å². The molecule has 0 N–H and O–H groups in total. The fourth-order valence-electron chi connectivity index (χ4n) is 1.13. The Hall–Kier alpha value is -1.53. The van der Waals surface area contributed by atoms with Crippen LogP contribution in [0.25, 0.3) is 0 Å². The van der Waals surface area contributed by atoms with Gasteiger partial charge >= 0.3 is 6.36 Å². The summed E-state index contributed by atoms with van der Waals surface area (Å²) in [5.41, 5.74) is -0.111. The molecule has 0 amide bonds. The van der Waals surface area contributed by atoms with Gasteiger partial charge < -0.3 is 9.47 Å². The molecule has 1 rings (SSSR count). The molecule has 0 aromatic carbocycles. The van der Waals surface area contributed by atoms with Gasteiger partial charge in [-0.1, -0.05) is 0 Å². The molecule has 0 atom stereocenters. The van der Waals surface area contributed by atoms with Gasteiger partial charge in [-0.2, -0.15) is 0 Å². The number of aromatic nitrogens is 1. The molecule has 0 saturated heterocycles. The number of ether oxygens (including phenoxy) is 2. The van der Waals surface area contributed by atoms with Crippen LogP contribution in [0, 0.1) is 6.92 Å². The predicted molar refractivity (Wildman–Crippen MR) is 47.0 cm³/mol. The molecule has 1 heterocycles. The largest absolute Gasteiger partial charge is 0.573 e. The molecule has 1 aromatic rings. The molecule has 7 heteroatoms. The van der Waals surface area contributed by atoms with Gasteiger partial charge in [0.15, 0.2) is 5.75 Å². The van der Waals surface area contributed by atoms with E-state index in [1.165, 1.54) is 14.0 Å².